The maximum Gasteiger partial charge on any atom is 0.138 e. The minimum atomic E-state index is 0.0251. The summed E-state index contributed by atoms with van der Waals surface area (Å²) in [6.07, 6.45) is 5.78. The van der Waals surface area contributed by atoms with E-state index < -0.39 is 0 Å². The highest BCUT2D eigenvalue weighted by Crippen LogP contribution is 2.29. The predicted octanol–water partition coefficient (Wildman–Crippen LogP) is 2.30. The molecule has 0 radical (unpaired) electrons. The van der Waals surface area contributed by atoms with Crippen LogP contribution in [0.4, 0.5) is 0 Å². The molecule has 1 aromatic rings. The first-order chi connectivity index (χ1) is 8.66. The van der Waals surface area contributed by atoms with E-state index in [-0.39, 0.29) is 12.1 Å². The summed E-state index contributed by atoms with van der Waals surface area (Å²) in [5.74, 6) is 1.28. The van der Waals surface area contributed by atoms with Gasteiger partial charge in [-0.05, 0) is 44.2 Å². The number of hydrogen-bond donors (Lipinski definition) is 1. The van der Waals surface area contributed by atoms with E-state index in [0.717, 1.165) is 37.4 Å². The third-order valence-corrected chi connectivity index (χ3v) is 3.26. The molecule has 18 heavy (non-hydrogen) atoms. The van der Waals surface area contributed by atoms with Crippen molar-refractivity contribution in [3.8, 4) is 5.75 Å². The largest absolute Gasteiger partial charge is 0.489 e. The molecule has 2 rings (SSSR count). The van der Waals surface area contributed by atoms with Gasteiger partial charge in [-0.15, -0.1) is 0 Å². The Morgan fingerprint density at radius 3 is 2.72 bits per heavy atom. The lowest BCUT2D eigenvalue weighted by molar-refractivity contribution is 0.0583. The molecule has 0 aliphatic carbocycles. The molecule has 1 aliphatic rings. The van der Waals surface area contributed by atoms with E-state index in [2.05, 4.69) is 4.98 Å². The Kier molecular flexibility index (Phi) is 4.55. The molecule has 1 atom stereocenters. The number of rotatable bonds is 4. The SMILES string of the molecule is CC(C)Oc1cncc(C(N)C2CCOCC2)c1. The highest BCUT2D eigenvalue weighted by atomic mass is 16.5. The number of ether oxygens (including phenoxy) is 2. The molecule has 4 heteroatoms. The number of hydrogen-bond acceptors (Lipinski definition) is 4. The van der Waals surface area contributed by atoms with Crippen molar-refractivity contribution in [3.63, 3.8) is 0 Å². The van der Waals surface area contributed by atoms with E-state index in [1.165, 1.54) is 0 Å². The summed E-state index contributed by atoms with van der Waals surface area (Å²) in [4.78, 5) is 4.22. The third kappa shape index (κ3) is 3.43. The van der Waals surface area contributed by atoms with Crippen LogP contribution in [0.2, 0.25) is 0 Å². The van der Waals surface area contributed by atoms with Crippen LogP contribution in [0.3, 0.4) is 0 Å². The van der Waals surface area contributed by atoms with Gasteiger partial charge in [-0.3, -0.25) is 4.98 Å². The van der Waals surface area contributed by atoms with Crippen molar-refractivity contribution < 1.29 is 9.47 Å². The van der Waals surface area contributed by atoms with Crippen LogP contribution in [0.1, 0.15) is 38.3 Å². The van der Waals surface area contributed by atoms with Crippen molar-refractivity contribution in [2.45, 2.75) is 38.8 Å². The van der Waals surface area contributed by atoms with Gasteiger partial charge in [0.15, 0.2) is 0 Å². The number of nitrogens with zero attached hydrogens (tertiary/aromatic N) is 1. The fraction of sp³-hybridized carbons (Fsp3) is 0.643. The fourth-order valence-corrected chi connectivity index (χ4v) is 2.30. The number of aromatic nitrogens is 1. The van der Waals surface area contributed by atoms with Gasteiger partial charge in [0, 0.05) is 25.5 Å². The van der Waals surface area contributed by atoms with Crippen LogP contribution in [-0.4, -0.2) is 24.3 Å². The van der Waals surface area contributed by atoms with E-state index >= 15 is 0 Å². The maximum atomic E-state index is 6.32. The van der Waals surface area contributed by atoms with Crippen molar-refractivity contribution in [1.82, 2.24) is 4.98 Å². The Hall–Kier alpha value is -1.13. The van der Waals surface area contributed by atoms with Gasteiger partial charge >= 0.3 is 0 Å². The van der Waals surface area contributed by atoms with Gasteiger partial charge in [0.2, 0.25) is 0 Å². The predicted molar refractivity (Wildman–Crippen MR) is 70.5 cm³/mol. The summed E-state index contributed by atoms with van der Waals surface area (Å²) in [6.45, 7) is 5.64. The average molecular weight is 250 g/mol. The second kappa shape index (κ2) is 6.16. The van der Waals surface area contributed by atoms with Gasteiger partial charge in [0.05, 0.1) is 12.3 Å². The molecule has 1 saturated heterocycles. The molecule has 1 aliphatic heterocycles. The molecule has 100 valence electrons. The van der Waals surface area contributed by atoms with Crippen molar-refractivity contribution >= 4 is 0 Å². The molecule has 1 aromatic heterocycles. The zero-order chi connectivity index (χ0) is 13.0. The highest BCUT2D eigenvalue weighted by Gasteiger charge is 2.22. The minimum absolute atomic E-state index is 0.0251. The van der Waals surface area contributed by atoms with E-state index in [0.29, 0.717) is 5.92 Å². The quantitative estimate of drug-likeness (QED) is 0.890. The van der Waals surface area contributed by atoms with E-state index in [4.69, 9.17) is 15.2 Å². The molecule has 1 fully saturated rings. The van der Waals surface area contributed by atoms with Crippen LogP contribution in [0, 0.1) is 5.92 Å². The van der Waals surface area contributed by atoms with Gasteiger partial charge in [-0.1, -0.05) is 0 Å². The standard InChI is InChI=1S/C14H22N2O2/c1-10(2)18-13-7-12(8-16-9-13)14(15)11-3-5-17-6-4-11/h7-11,14H,3-6,15H2,1-2H3. The van der Waals surface area contributed by atoms with E-state index in [9.17, 15) is 0 Å². The molecule has 4 nitrogen and oxygen atoms in total. The van der Waals surface area contributed by atoms with Crippen LogP contribution in [0.5, 0.6) is 5.75 Å². The number of nitrogens with two attached hydrogens (primary N) is 1. The van der Waals surface area contributed by atoms with Crippen molar-refractivity contribution in [1.29, 1.82) is 0 Å². The summed E-state index contributed by atoms with van der Waals surface area (Å²) >= 11 is 0. The highest BCUT2D eigenvalue weighted by molar-refractivity contribution is 5.26. The van der Waals surface area contributed by atoms with Crippen LogP contribution < -0.4 is 10.5 Å². The molecule has 2 N–H and O–H groups in total. The summed E-state index contributed by atoms with van der Waals surface area (Å²) < 4.78 is 11.0. The zero-order valence-electron chi connectivity index (χ0n) is 11.1. The van der Waals surface area contributed by atoms with Gasteiger partial charge in [-0.2, -0.15) is 0 Å². The van der Waals surface area contributed by atoms with E-state index in [1.54, 1.807) is 6.20 Å². The molecule has 0 bridgehead atoms. The third-order valence-electron chi connectivity index (χ3n) is 3.26. The lowest BCUT2D eigenvalue weighted by Gasteiger charge is -2.27. The first-order valence-corrected chi connectivity index (χ1v) is 6.61. The normalized spacial score (nSPS) is 18.9. The second-order valence-corrected chi connectivity index (χ2v) is 5.10. The van der Waals surface area contributed by atoms with Crippen molar-refractivity contribution in [2.24, 2.45) is 11.7 Å². The van der Waals surface area contributed by atoms with Crippen molar-refractivity contribution in [2.75, 3.05) is 13.2 Å². The summed E-state index contributed by atoms with van der Waals surface area (Å²) in [6, 6.07) is 2.03. The van der Waals surface area contributed by atoms with E-state index in [1.807, 2.05) is 26.1 Å². The minimum Gasteiger partial charge on any atom is -0.489 e. The smallest absolute Gasteiger partial charge is 0.138 e. The molecule has 2 heterocycles. The lowest BCUT2D eigenvalue weighted by Crippen LogP contribution is -2.27. The topological polar surface area (TPSA) is 57.4 Å². The van der Waals surface area contributed by atoms with Crippen molar-refractivity contribution in [3.05, 3.63) is 24.0 Å². The van der Waals surface area contributed by atoms with Gasteiger partial charge in [-0.25, -0.2) is 0 Å². The summed E-state index contributed by atoms with van der Waals surface area (Å²) in [7, 11) is 0. The monoisotopic (exact) mass is 250 g/mol. The molecular formula is C14H22N2O2. The Labute approximate surface area is 108 Å². The van der Waals surface area contributed by atoms with Crippen LogP contribution in [0.15, 0.2) is 18.5 Å². The Bertz CT molecular complexity index is 376. The first kappa shape index (κ1) is 13.3. The Morgan fingerprint density at radius 1 is 1.33 bits per heavy atom. The van der Waals surface area contributed by atoms with Crippen LogP contribution in [0.25, 0.3) is 0 Å². The Morgan fingerprint density at radius 2 is 2.06 bits per heavy atom. The van der Waals surface area contributed by atoms with Gasteiger partial charge < -0.3 is 15.2 Å². The zero-order valence-corrected chi connectivity index (χ0v) is 11.1. The molecule has 0 amide bonds. The fourth-order valence-electron chi connectivity index (χ4n) is 2.30. The summed E-state index contributed by atoms with van der Waals surface area (Å²) in [5.41, 5.74) is 7.37. The van der Waals surface area contributed by atoms with Gasteiger partial charge in [0.1, 0.15) is 5.75 Å². The van der Waals surface area contributed by atoms with Crippen LogP contribution in [-0.2, 0) is 4.74 Å². The Balaban J connectivity index is 2.06. The molecule has 0 spiro atoms. The first-order valence-electron chi connectivity index (χ1n) is 6.61. The van der Waals surface area contributed by atoms with Gasteiger partial charge in [0.25, 0.3) is 0 Å². The number of pyridine rings is 1. The molecule has 0 saturated carbocycles. The average Bonchev–Trinajstić information content (AvgIpc) is 2.38. The molecule has 0 aromatic carbocycles. The molecular weight excluding hydrogens is 228 g/mol. The lowest BCUT2D eigenvalue weighted by atomic mass is 9.88. The summed E-state index contributed by atoms with van der Waals surface area (Å²) in [5, 5.41) is 0. The second-order valence-electron chi connectivity index (χ2n) is 5.10. The molecule has 1 unspecified atom stereocenters. The van der Waals surface area contributed by atoms with Crippen LogP contribution >= 0.6 is 0 Å². The maximum absolute atomic E-state index is 6.32.